The summed E-state index contributed by atoms with van der Waals surface area (Å²) in [6.07, 6.45) is 6.74. The number of likely N-dealkylation sites (tertiary alicyclic amines) is 1. The van der Waals surface area contributed by atoms with Crippen molar-refractivity contribution in [1.82, 2.24) is 20.4 Å². The lowest BCUT2D eigenvalue weighted by Crippen LogP contribution is -2.44. The molecular formula is C27H29FN4O5. The van der Waals surface area contributed by atoms with E-state index in [-0.39, 0.29) is 48.4 Å². The molecule has 1 aromatic carbocycles. The van der Waals surface area contributed by atoms with Crippen LogP contribution in [-0.2, 0) is 14.3 Å². The van der Waals surface area contributed by atoms with Crippen molar-refractivity contribution >= 4 is 23.8 Å². The van der Waals surface area contributed by atoms with Crippen LogP contribution in [0.15, 0.2) is 60.3 Å². The number of carbonyl (C=O) groups is 4. The third-order valence-electron chi connectivity index (χ3n) is 7.78. The van der Waals surface area contributed by atoms with Gasteiger partial charge >= 0.3 is 12.1 Å². The molecule has 1 saturated carbocycles. The number of allylic oxidation sites excluding steroid dienone is 3. The Bertz CT molecular complexity index is 1230. The van der Waals surface area contributed by atoms with Crippen LogP contribution in [0, 0.1) is 11.7 Å². The maximum atomic E-state index is 13.5. The number of carbonyl (C=O) groups excluding carboxylic acids is 4. The van der Waals surface area contributed by atoms with Crippen molar-refractivity contribution in [2.24, 2.45) is 5.92 Å². The van der Waals surface area contributed by atoms with Crippen LogP contribution >= 0.6 is 0 Å². The third kappa shape index (κ3) is 4.30. The van der Waals surface area contributed by atoms with Gasteiger partial charge in [0.15, 0.2) is 11.4 Å². The van der Waals surface area contributed by atoms with E-state index in [0.717, 1.165) is 12.0 Å². The number of ketones is 1. The molecule has 1 aromatic rings. The summed E-state index contributed by atoms with van der Waals surface area (Å²) in [4.78, 5) is 54.2. The first-order valence-electron chi connectivity index (χ1n) is 12.4. The fourth-order valence-corrected chi connectivity index (χ4v) is 5.99. The number of Topliss-reactive ketones (excluding diaryl/α,β-unsaturated/α-hetero) is 1. The van der Waals surface area contributed by atoms with E-state index in [2.05, 4.69) is 17.2 Å². The first-order chi connectivity index (χ1) is 17.8. The SMILES string of the molecule is C=C[C@H]1CC[C@@H](c2ccc(F)cc2)N1C(=O)CN1C[C@]2(CCC3C(=O)C(NC(=O)NC)=CC=C32)OC1=O. The van der Waals surface area contributed by atoms with Crippen LogP contribution in [0.5, 0.6) is 0 Å². The molecule has 2 aliphatic heterocycles. The Balaban J connectivity index is 1.33. The van der Waals surface area contributed by atoms with Gasteiger partial charge in [0.2, 0.25) is 5.91 Å². The van der Waals surface area contributed by atoms with E-state index in [1.54, 1.807) is 29.2 Å². The summed E-state index contributed by atoms with van der Waals surface area (Å²) < 4.78 is 19.3. The van der Waals surface area contributed by atoms with Crippen LogP contribution in [0.4, 0.5) is 14.0 Å². The fraction of sp³-hybridized carbons (Fsp3) is 0.407. The summed E-state index contributed by atoms with van der Waals surface area (Å²) in [7, 11) is 1.46. The molecule has 2 aliphatic carbocycles. The molecule has 37 heavy (non-hydrogen) atoms. The largest absolute Gasteiger partial charge is 0.436 e. The first-order valence-corrected chi connectivity index (χ1v) is 12.4. The minimum Gasteiger partial charge on any atom is -0.436 e. The number of fused-ring (bicyclic) bond motifs is 2. The Morgan fingerprint density at radius 2 is 1.95 bits per heavy atom. The lowest BCUT2D eigenvalue weighted by molar-refractivity contribution is -0.134. The number of rotatable bonds is 5. The lowest BCUT2D eigenvalue weighted by atomic mass is 9.85. The van der Waals surface area contributed by atoms with Crippen molar-refractivity contribution in [1.29, 1.82) is 0 Å². The number of hydrogen-bond donors (Lipinski definition) is 2. The topological polar surface area (TPSA) is 108 Å². The molecule has 1 unspecified atom stereocenters. The molecule has 10 heteroatoms. The highest BCUT2D eigenvalue weighted by molar-refractivity contribution is 6.03. The molecule has 1 spiro atoms. The van der Waals surface area contributed by atoms with Gasteiger partial charge < -0.3 is 20.3 Å². The zero-order valence-corrected chi connectivity index (χ0v) is 20.5. The molecule has 4 atom stereocenters. The van der Waals surface area contributed by atoms with Gasteiger partial charge in [-0.3, -0.25) is 14.5 Å². The van der Waals surface area contributed by atoms with Crippen molar-refractivity contribution in [3.63, 3.8) is 0 Å². The smallest absolute Gasteiger partial charge is 0.411 e. The van der Waals surface area contributed by atoms with Gasteiger partial charge in [-0.2, -0.15) is 0 Å². The number of amides is 4. The highest BCUT2D eigenvalue weighted by atomic mass is 19.1. The van der Waals surface area contributed by atoms with Gasteiger partial charge in [0, 0.05) is 13.0 Å². The van der Waals surface area contributed by atoms with Crippen LogP contribution in [0.1, 0.15) is 37.3 Å². The second-order valence-corrected chi connectivity index (χ2v) is 9.83. The van der Waals surface area contributed by atoms with Crippen LogP contribution in [0.2, 0.25) is 0 Å². The van der Waals surface area contributed by atoms with Gasteiger partial charge in [0.05, 0.1) is 24.3 Å². The number of halogens is 1. The first kappa shape index (κ1) is 24.7. The van der Waals surface area contributed by atoms with Crippen molar-refractivity contribution in [2.45, 2.75) is 43.4 Å². The molecule has 5 rings (SSSR count). The number of benzene rings is 1. The molecule has 0 radical (unpaired) electrons. The molecule has 4 amide bonds. The normalized spacial score (nSPS) is 28.5. The summed E-state index contributed by atoms with van der Waals surface area (Å²) >= 11 is 0. The van der Waals surface area contributed by atoms with Crippen LogP contribution in [0.3, 0.4) is 0 Å². The molecule has 0 bridgehead atoms. The molecule has 194 valence electrons. The predicted octanol–water partition coefficient (Wildman–Crippen LogP) is 2.97. The number of urea groups is 1. The second kappa shape index (κ2) is 9.49. The molecule has 2 N–H and O–H groups in total. The molecule has 4 aliphatic rings. The Kier molecular flexibility index (Phi) is 6.35. The van der Waals surface area contributed by atoms with Crippen LogP contribution < -0.4 is 10.6 Å². The molecule has 3 fully saturated rings. The van der Waals surface area contributed by atoms with Gasteiger partial charge in [0.25, 0.3) is 0 Å². The number of nitrogens with zero attached hydrogens (tertiary/aromatic N) is 2. The van der Waals surface area contributed by atoms with Gasteiger partial charge in [-0.25, -0.2) is 14.0 Å². The maximum absolute atomic E-state index is 13.5. The minimum absolute atomic E-state index is 0.160. The third-order valence-corrected chi connectivity index (χ3v) is 7.78. The monoisotopic (exact) mass is 508 g/mol. The number of hydrogen-bond acceptors (Lipinski definition) is 5. The average molecular weight is 509 g/mol. The highest BCUT2D eigenvalue weighted by Crippen LogP contribution is 2.48. The molecule has 2 saturated heterocycles. The van der Waals surface area contributed by atoms with Gasteiger partial charge in [-0.15, -0.1) is 6.58 Å². The fourth-order valence-electron chi connectivity index (χ4n) is 5.99. The highest BCUT2D eigenvalue weighted by Gasteiger charge is 2.56. The molecular weight excluding hydrogens is 479 g/mol. The van der Waals surface area contributed by atoms with E-state index in [1.807, 2.05) is 0 Å². The number of nitrogens with one attached hydrogen (secondary N) is 2. The summed E-state index contributed by atoms with van der Waals surface area (Å²) in [5.41, 5.74) is 0.735. The van der Waals surface area contributed by atoms with Crippen molar-refractivity contribution in [3.05, 3.63) is 71.7 Å². The zero-order valence-electron chi connectivity index (χ0n) is 20.5. The average Bonchev–Trinajstić information content (AvgIpc) is 3.56. The zero-order chi connectivity index (χ0) is 26.3. The number of ether oxygens (including phenoxy) is 1. The molecule has 9 nitrogen and oxygen atoms in total. The van der Waals surface area contributed by atoms with Crippen molar-refractivity contribution in [2.75, 3.05) is 20.1 Å². The van der Waals surface area contributed by atoms with Crippen LogP contribution in [-0.4, -0.2) is 65.4 Å². The summed E-state index contributed by atoms with van der Waals surface area (Å²) in [6.45, 7) is 3.86. The van der Waals surface area contributed by atoms with E-state index in [0.29, 0.717) is 24.8 Å². The Morgan fingerprint density at radius 1 is 1.19 bits per heavy atom. The van der Waals surface area contributed by atoms with Crippen molar-refractivity contribution < 1.29 is 28.3 Å². The summed E-state index contributed by atoms with van der Waals surface area (Å²) in [5, 5.41) is 4.95. The van der Waals surface area contributed by atoms with E-state index in [1.165, 1.54) is 30.2 Å². The second-order valence-electron chi connectivity index (χ2n) is 9.83. The molecule has 0 aromatic heterocycles. The standard InChI is InChI=1S/C27H29FN4O5/c1-3-18-8-11-22(16-4-6-17(28)7-5-16)32(18)23(33)14-31-15-27(37-26(31)36)13-12-19-20(27)9-10-21(24(19)34)30-25(35)29-2/h3-7,9-10,18-19,22H,1,8,11-15H2,2H3,(H2,29,30,35)/t18-,19?,22-,27-/m0/s1. The molecule has 2 heterocycles. The van der Waals surface area contributed by atoms with Crippen LogP contribution in [0.25, 0.3) is 0 Å². The summed E-state index contributed by atoms with van der Waals surface area (Å²) in [6, 6.07) is 5.19. The van der Waals surface area contributed by atoms with Crippen molar-refractivity contribution in [3.8, 4) is 0 Å². The lowest BCUT2D eigenvalue weighted by Gasteiger charge is -2.31. The minimum atomic E-state index is -0.980. The van der Waals surface area contributed by atoms with Gasteiger partial charge in [-0.1, -0.05) is 24.3 Å². The van der Waals surface area contributed by atoms with E-state index in [4.69, 9.17) is 4.74 Å². The van der Waals surface area contributed by atoms with E-state index in [9.17, 15) is 23.6 Å². The van der Waals surface area contributed by atoms with E-state index < -0.39 is 23.6 Å². The summed E-state index contributed by atoms with van der Waals surface area (Å²) in [5.74, 6) is -1.31. The Morgan fingerprint density at radius 3 is 2.65 bits per heavy atom. The Hall–Kier alpha value is -3.95. The predicted molar refractivity (Wildman–Crippen MR) is 131 cm³/mol. The van der Waals surface area contributed by atoms with Gasteiger partial charge in [0.1, 0.15) is 12.4 Å². The Labute approximate surface area is 214 Å². The quantitative estimate of drug-likeness (QED) is 0.595. The maximum Gasteiger partial charge on any atom is 0.411 e. The van der Waals surface area contributed by atoms with E-state index >= 15 is 0 Å². The van der Waals surface area contributed by atoms with Gasteiger partial charge in [-0.05, 0) is 55.0 Å².